The third-order valence-electron chi connectivity index (χ3n) is 1.78. The van der Waals surface area contributed by atoms with Crippen molar-refractivity contribution in [3.63, 3.8) is 0 Å². The monoisotopic (exact) mass is 217 g/mol. The maximum atomic E-state index is 11.2. The highest BCUT2D eigenvalue weighted by atomic mass is 16.6. The molecular weight excluding hydrogens is 194 g/mol. The van der Waals surface area contributed by atoms with E-state index in [-0.39, 0.29) is 12.1 Å². The maximum Gasteiger partial charge on any atom is 0.307 e. The van der Waals surface area contributed by atoms with Gasteiger partial charge in [0, 0.05) is 13.1 Å². The molecule has 0 spiro atoms. The van der Waals surface area contributed by atoms with E-state index in [1.807, 2.05) is 27.7 Å². The van der Waals surface area contributed by atoms with Gasteiger partial charge in [-0.15, -0.1) is 0 Å². The van der Waals surface area contributed by atoms with Gasteiger partial charge >= 0.3 is 5.97 Å². The fourth-order valence-corrected chi connectivity index (χ4v) is 0.996. The minimum Gasteiger partial charge on any atom is -0.460 e. The van der Waals surface area contributed by atoms with Gasteiger partial charge in [-0.2, -0.15) is 0 Å². The van der Waals surface area contributed by atoms with Crippen molar-refractivity contribution in [2.24, 2.45) is 0 Å². The van der Waals surface area contributed by atoms with Gasteiger partial charge in [0.15, 0.2) is 0 Å². The van der Waals surface area contributed by atoms with Crippen molar-refractivity contribution in [3.05, 3.63) is 0 Å². The van der Waals surface area contributed by atoms with Crippen LogP contribution >= 0.6 is 0 Å². The average Bonchev–Trinajstić information content (AvgIpc) is 2.09. The summed E-state index contributed by atoms with van der Waals surface area (Å²) in [5.41, 5.74) is -0.417. The molecule has 1 unspecified atom stereocenters. The predicted molar refractivity (Wildman–Crippen MR) is 59.6 cm³/mol. The topological polar surface area (TPSA) is 58.6 Å². The van der Waals surface area contributed by atoms with Crippen molar-refractivity contribution >= 4 is 5.97 Å². The molecular formula is C11H23NO3. The highest BCUT2D eigenvalue weighted by molar-refractivity contribution is 5.70. The molecule has 2 N–H and O–H groups in total. The molecule has 0 amide bonds. The van der Waals surface area contributed by atoms with Crippen LogP contribution < -0.4 is 5.32 Å². The van der Waals surface area contributed by atoms with Crippen LogP contribution in [0.3, 0.4) is 0 Å². The lowest BCUT2D eigenvalue weighted by Crippen LogP contribution is -2.30. The lowest BCUT2D eigenvalue weighted by molar-refractivity contribution is -0.154. The summed E-state index contributed by atoms with van der Waals surface area (Å²) in [6.45, 7) is 8.53. The lowest BCUT2D eigenvalue weighted by Gasteiger charge is -2.19. The number of aliphatic hydroxyl groups is 1. The number of hydrogen-bond acceptors (Lipinski definition) is 4. The Bertz CT molecular complexity index is 187. The minimum absolute atomic E-state index is 0.207. The van der Waals surface area contributed by atoms with Gasteiger partial charge in [-0.25, -0.2) is 0 Å². The molecule has 0 aromatic heterocycles. The second-order valence-electron chi connectivity index (χ2n) is 4.60. The summed E-state index contributed by atoms with van der Waals surface area (Å²) in [6.07, 6.45) is 0.733. The molecule has 0 aromatic rings. The first-order valence-corrected chi connectivity index (χ1v) is 5.45. The molecule has 0 bridgehead atoms. The number of ether oxygens (including phenoxy) is 1. The normalized spacial score (nSPS) is 13.7. The number of rotatable bonds is 6. The first kappa shape index (κ1) is 14.4. The number of esters is 1. The summed E-state index contributed by atoms with van der Waals surface area (Å²) < 4.78 is 5.13. The molecule has 0 heterocycles. The van der Waals surface area contributed by atoms with Crippen molar-refractivity contribution in [3.8, 4) is 0 Å². The molecule has 1 atom stereocenters. The molecule has 15 heavy (non-hydrogen) atoms. The van der Waals surface area contributed by atoms with Crippen LogP contribution in [0.4, 0.5) is 0 Å². The third-order valence-corrected chi connectivity index (χ3v) is 1.78. The van der Waals surface area contributed by atoms with Crippen LogP contribution in [0.5, 0.6) is 0 Å². The van der Waals surface area contributed by atoms with Gasteiger partial charge in [0.05, 0.1) is 12.5 Å². The number of aliphatic hydroxyl groups excluding tert-OH is 1. The van der Waals surface area contributed by atoms with Crippen LogP contribution in [0.25, 0.3) is 0 Å². The number of nitrogens with one attached hydrogen (secondary N) is 1. The van der Waals surface area contributed by atoms with E-state index in [1.165, 1.54) is 0 Å². The number of carbonyl (C=O) groups excluding carboxylic acids is 1. The van der Waals surface area contributed by atoms with Gasteiger partial charge in [0.25, 0.3) is 0 Å². The van der Waals surface area contributed by atoms with Crippen LogP contribution in [0.1, 0.15) is 40.5 Å². The summed E-state index contributed by atoms with van der Waals surface area (Å²) in [5, 5.41) is 12.2. The van der Waals surface area contributed by atoms with E-state index in [4.69, 9.17) is 4.74 Å². The number of carbonyl (C=O) groups is 1. The summed E-state index contributed by atoms with van der Waals surface area (Å²) in [5.74, 6) is -0.207. The molecule has 0 saturated carbocycles. The summed E-state index contributed by atoms with van der Waals surface area (Å²) in [4.78, 5) is 11.2. The van der Waals surface area contributed by atoms with Crippen LogP contribution in [-0.4, -0.2) is 35.9 Å². The molecule has 0 fully saturated rings. The van der Waals surface area contributed by atoms with Crippen molar-refractivity contribution in [1.82, 2.24) is 5.32 Å². The Hall–Kier alpha value is -0.610. The fourth-order valence-electron chi connectivity index (χ4n) is 0.996. The van der Waals surface area contributed by atoms with Crippen molar-refractivity contribution in [2.45, 2.75) is 52.2 Å². The summed E-state index contributed by atoms with van der Waals surface area (Å²) in [7, 11) is 0. The largest absolute Gasteiger partial charge is 0.460 e. The molecule has 0 aliphatic rings. The van der Waals surface area contributed by atoms with Gasteiger partial charge in [0.2, 0.25) is 0 Å². The summed E-state index contributed by atoms with van der Waals surface area (Å²) in [6, 6.07) is 0. The third kappa shape index (κ3) is 9.69. The average molecular weight is 217 g/mol. The van der Waals surface area contributed by atoms with E-state index in [9.17, 15) is 9.90 Å². The molecule has 0 aliphatic carbocycles. The SMILES string of the molecule is CCC(O)CNCCC(=O)OC(C)(C)C. The maximum absolute atomic E-state index is 11.2. The zero-order valence-electron chi connectivity index (χ0n) is 10.2. The first-order valence-electron chi connectivity index (χ1n) is 5.45. The zero-order chi connectivity index (χ0) is 11.9. The van der Waals surface area contributed by atoms with Crippen LogP contribution in [0.2, 0.25) is 0 Å². The Kier molecular flexibility index (Phi) is 6.52. The Morgan fingerprint density at radius 3 is 2.53 bits per heavy atom. The highest BCUT2D eigenvalue weighted by Crippen LogP contribution is 2.07. The van der Waals surface area contributed by atoms with E-state index in [0.717, 1.165) is 6.42 Å². The van der Waals surface area contributed by atoms with E-state index >= 15 is 0 Å². The summed E-state index contributed by atoms with van der Waals surface area (Å²) >= 11 is 0. The van der Waals surface area contributed by atoms with Crippen molar-refractivity contribution in [1.29, 1.82) is 0 Å². The van der Waals surface area contributed by atoms with Gasteiger partial charge in [-0.1, -0.05) is 6.92 Å². The smallest absolute Gasteiger partial charge is 0.307 e. The van der Waals surface area contributed by atoms with Crippen LogP contribution in [0, 0.1) is 0 Å². The molecule has 90 valence electrons. The number of hydrogen-bond donors (Lipinski definition) is 2. The Morgan fingerprint density at radius 2 is 2.07 bits per heavy atom. The van der Waals surface area contributed by atoms with Gasteiger partial charge in [-0.3, -0.25) is 4.79 Å². The van der Waals surface area contributed by atoms with Crippen molar-refractivity contribution in [2.75, 3.05) is 13.1 Å². The first-order chi connectivity index (χ1) is 6.85. The second-order valence-corrected chi connectivity index (χ2v) is 4.60. The van der Waals surface area contributed by atoms with Gasteiger partial charge < -0.3 is 15.2 Å². The Balaban J connectivity index is 3.48. The fraction of sp³-hybridized carbons (Fsp3) is 0.909. The molecule has 0 rings (SSSR count). The minimum atomic E-state index is -0.417. The molecule has 0 radical (unpaired) electrons. The van der Waals surface area contributed by atoms with Gasteiger partial charge in [0.1, 0.15) is 5.60 Å². The second kappa shape index (κ2) is 6.80. The zero-order valence-corrected chi connectivity index (χ0v) is 10.2. The molecule has 0 aliphatic heterocycles. The molecule has 0 saturated heterocycles. The Labute approximate surface area is 92.0 Å². The van der Waals surface area contributed by atoms with Crippen LogP contribution in [-0.2, 0) is 9.53 Å². The molecule has 4 heteroatoms. The van der Waals surface area contributed by atoms with Crippen molar-refractivity contribution < 1.29 is 14.6 Å². The molecule has 4 nitrogen and oxygen atoms in total. The predicted octanol–water partition coefficient (Wildman–Crippen LogP) is 1.08. The Morgan fingerprint density at radius 1 is 1.47 bits per heavy atom. The highest BCUT2D eigenvalue weighted by Gasteiger charge is 2.15. The molecule has 0 aromatic carbocycles. The van der Waals surface area contributed by atoms with Crippen LogP contribution in [0.15, 0.2) is 0 Å². The lowest BCUT2D eigenvalue weighted by atomic mass is 10.2. The van der Waals surface area contributed by atoms with E-state index < -0.39 is 5.60 Å². The van der Waals surface area contributed by atoms with E-state index in [2.05, 4.69) is 5.32 Å². The quantitative estimate of drug-likeness (QED) is 0.516. The van der Waals surface area contributed by atoms with E-state index in [1.54, 1.807) is 0 Å². The standard InChI is InChI=1S/C11H23NO3/c1-5-9(13)8-12-7-6-10(14)15-11(2,3)4/h9,12-13H,5-8H2,1-4H3. The van der Waals surface area contributed by atoms with Gasteiger partial charge in [-0.05, 0) is 27.2 Å². The van der Waals surface area contributed by atoms with E-state index in [0.29, 0.717) is 19.5 Å².